The molecule has 0 saturated carbocycles. The van der Waals surface area contributed by atoms with Crippen molar-refractivity contribution in [1.29, 1.82) is 0 Å². The summed E-state index contributed by atoms with van der Waals surface area (Å²) < 4.78 is 50.0. The van der Waals surface area contributed by atoms with Gasteiger partial charge in [0.05, 0.1) is 16.8 Å². The summed E-state index contributed by atoms with van der Waals surface area (Å²) in [6.45, 7) is 0. The predicted octanol–water partition coefficient (Wildman–Crippen LogP) is 3.67. The topological polar surface area (TPSA) is 47.0 Å². The lowest BCUT2D eigenvalue weighted by Gasteiger charge is -2.08. The van der Waals surface area contributed by atoms with Crippen molar-refractivity contribution in [3.63, 3.8) is 0 Å². The van der Waals surface area contributed by atoms with Crippen molar-refractivity contribution < 1.29 is 17.2 Å². The molecule has 0 saturated heterocycles. The van der Waals surface area contributed by atoms with E-state index in [9.17, 15) is 17.2 Å². The molecule has 0 radical (unpaired) electrons. The van der Waals surface area contributed by atoms with Crippen LogP contribution in [-0.4, -0.2) is 25.8 Å². The van der Waals surface area contributed by atoms with Crippen LogP contribution in [0.3, 0.4) is 0 Å². The third-order valence-electron chi connectivity index (χ3n) is 3.88. The Hall–Kier alpha value is -2.08. The number of pyridine rings is 1. The van der Waals surface area contributed by atoms with Gasteiger partial charge in [-0.05, 0) is 41.0 Å². The van der Waals surface area contributed by atoms with Gasteiger partial charge in [0.15, 0.2) is 9.84 Å². The number of aromatic nitrogens is 1. The van der Waals surface area contributed by atoms with Crippen LogP contribution in [0.1, 0.15) is 24.1 Å². The number of alkyl halides is 1. The summed E-state index contributed by atoms with van der Waals surface area (Å²) in [4.78, 5) is 4.25. The molecule has 3 nitrogen and oxygen atoms in total. The minimum absolute atomic E-state index is 0.220. The van der Waals surface area contributed by atoms with Gasteiger partial charge in [0, 0.05) is 19.1 Å². The molecule has 1 heterocycles. The fourth-order valence-electron chi connectivity index (χ4n) is 2.77. The maximum atomic E-state index is 13.9. The molecule has 1 atom stereocenters. The highest BCUT2D eigenvalue weighted by Crippen LogP contribution is 2.40. The van der Waals surface area contributed by atoms with E-state index in [0.717, 1.165) is 29.2 Å². The van der Waals surface area contributed by atoms with Gasteiger partial charge in [0.1, 0.15) is 12.0 Å². The van der Waals surface area contributed by atoms with Crippen LogP contribution >= 0.6 is 0 Å². The maximum absolute atomic E-state index is 13.9. The van der Waals surface area contributed by atoms with E-state index in [4.69, 9.17) is 0 Å². The largest absolute Gasteiger partial charge is 0.254 e. The zero-order chi connectivity index (χ0) is 16.6. The molecule has 0 N–H and O–H groups in total. The average Bonchev–Trinajstić information content (AvgIpc) is 2.89. The lowest BCUT2D eigenvalue weighted by molar-refractivity contribution is 0.357. The van der Waals surface area contributed by atoms with Crippen molar-refractivity contribution >= 4 is 21.0 Å². The fraction of sp³-hybridized carbons (Fsp3) is 0.235. The summed E-state index contributed by atoms with van der Waals surface area (Å²) in [5.74, 6) is -0.441. The number of nitrogens with zero attached hydrogens (tertiary/aromatic N) is 1. The van der Waals surface area contributed by atoms with Crippen molar-refractivity contribution in [2.24, 2.45) is 0 Å². The fourth-order valence-corrected chi connectivity index (χ4v) is 3.40. The Bertz CT molecular complexity index is 856. The van der Waals surface area contributed by atoms with Gasteiger partial charge in [0.2, 0.25) is 0 Å². The van der Waals surface area contributed by atoms with E-state index in [0.29, 0.717) is 5.69 Å². The second kappa shape index (κ2) is 5.85. The molecule has 0 aliphatic heterocycles. The molecule has 6 heteroatoms. The molecule has 120 valence electrons. The smallest absolute Gasteiger partial charge is 0.175 e. The van der Waals surface area contributed by atoms with E-state index in [1.807, 2.05) is 0 Å². The van der Waals surface area contributed by atoms with Crippen LogP contribution in [0.4, 0.5) is 8.78 Å². The first-order valence-corrected chi connectivity index (χ1v) is 9.02. The van der Waals surface area contributed by atoms with Crippen molar-refractivity contribution in [3.8, 4) is 0 Å². The zero-order valence-corrected chi connectivity index (χ0v) is 13.3. The van der Waals surface area contributed by atoms with Crippen LogP contribution in [0.2, 0.25) is 0 Å². The summed E-state index contributed by atoms with van der Waals surface area (Å²) in [7, 11) is -3.27. The Morgan fingerprint density at radius 1 is 1.04 bits per heavy atom. The highest BCUT2D eigenvalue weighted by molar-refractivity contribution is 7.90. The van der Waals surface area contributed by atoms with E-state index >= 15 is 0 Å². The Morgan fingerprint density at radius 3 is 2.26 bits per heavy atom. The van der Waals surface area contributed by atoms with Gasteiger partial charge in [-0.2, -0.15) is 0 Å². The number of hydrogen-bond acceptors (Lipinski definition) is 3. The third-order valence-corrected chi connectivity index (χ3v) is 5.01. The molecule has 0 fully saturated rings. The van der Waals surface area contributed by atoms with Crippen LogP contribution in [0.5, 0.6) is 0 Å². The molecular weight excluding hydrogens is 320 g/mol. The molecule has 0 spiro atoms. The first-order valence-electron chi connectivity index (χ1n) is 7.13. The molecule has 1 unspecified atom stereocenters. The zero-order valence-electron chi connectivity index (χ0n) is 12.5. The van der Waals surface area contributed by atoms with Crippen LogP contribution in [0.15, 0.2) is 47.5 Å². The molecule has 0 bridgehead atoms. The van der Waals surface area contributed by atoms with Gasteiger partial charge >= 0.3 is 0 Å². The lowest BCUT2D eigenvalue weighted by Crippen LogP contribution is -1.97. The highest BCUT2D eigenvalue weighted by Gasteiger charge is 2.26. The summed E-state index contributed by atoms with van der Waals surface area (Å²) in [5.41, 5.74) is 2.84. The second-order valence-electron chi connectivity index (χ2n) is 5.62. The Balaban J connectivity index is 2.04. The van der Waals surface area contributed by atoms with Gasteiger partial charge in [-0.1, -0.05) is 12.1 Å². The highest BCUT2D eigenvalue weighted by atomic mass is 32.2. The van der Waals surface area contributed by atoms with Crippen molar-refractivity contribution in [2.75, 3.05) is 6.26 Å². The Morgan fingerprint density at radius 2 is 1.70 bits per heavy atom. The predicted molar refractivity (Wildman–Crippen MR) is 84.7 cm³/mol. The van der Waals surface area contributed by atoms with Gasteiger partial charge in [-0.3, -0.25) is 4.98 Å². The van der Waals surface area contributed by atoms with Gasteiger partial charge < -0.3 is 0 Å². The van der Waals surface area contributed by atoms with Crippen molar-refractivity contribution in [1.82, 2.24) is 4.98 Å². The van der Waals surface area contributed by atoms with Gasteiger partial charge in [0.25, 0.3) is 0 Å². The van der Waals surface area contributed by atoms with E-state index in [2.05, 4.69) is 4.98 Å². The van der Waals surface area contributed by atoms with Crippen LogP contribution in [-0.2, 0) is 9.84 Å². The van der Waals surface area contributed by atoms with E-state index in [-0.39, 0.29) is 17.7 Å². The monoisotopic (exact) mass is 335 g/mol. The lowest BCUT2D eigenvalue weighted by atomic mass is 10.00. The number of halogens is 2. The number of benzene rings is 1. The quantitative estimate of drug-likeness (QED) is 0.860. The maximum Gasteiger partial charge on any atom is 0.175 e. The van der Waals surface area contributed by atoms with Crippen molar-refractivity contribution in [3.05, 3.63) is 59.7 Å². The number of allylic oxidation sites excluding steroid dienone is 2. The average molecular weight is 335 g/mol. The molecular formula is C17H15F2NO2S. The number of sulfone groups is 1. The standard InChI is InChI=1S/C17H15F2NO2S/c1-23(21,22)14-5-2-11(3-6-14)15-8-13(19)9-16(15)17-7-4-12(18)10-20-17/h2-7,10,13H,8-9H2,1H3. The van der Waals surface area contributed by atoms with Gasteiger partial charge in [-0.15, -0.1) is 0 Å². The number of rotatable bonds is 3. The van der Waals surface area contributed by atoms with E-state index in [1.54, 1.807) is 12.1 Å². The SMILES string of the molecule is CS(=O)(=O)c1ccc(C2=C(c3ccc(F)cn3)CC(F)C2)cc1. The van der Waals surface area contributed by atoms with Crippen LogP contribution in [0, 0.1) is 5.82 Å². The molecule has 3 rings (SSSR count). The first-order chi connectivity index (χ1) is 10.8. The Kier molecular flexibility index (Phi) is 4.02. The number of hydrogen-bond donors (Lipinski definition) is 0. The molecule has 23 heavy (non-hydrogen) atoms. The van der Waals surface area contributed by atoms with Crippen molar-refractivity contribution in [2.45, 2.75) is 23.9 Å². The molecule has 1 aromatic carbocycles. The summed E-state index contributed by atoms with van der Waals surface area (Å²) in [5, 5.41) is 0. The summed E-state index contributed by atoms with van der Waals surface area (Å²) in [6, 6.07) is 9.21. The molecule has 1 aromatic heterocycles. The van der Waals surface area contributed by atoms with E-state index < -0.39 is 21.8 Å². The second-order valence-corrected chi connectivity index (χ2v) is 7.64. The normalized spacial score (nSPS) is 18.5. The van der Waals surface area contributed by atoms with Gasteiger partial charge in [-0.25, -0.2) is 17.2 Å². The first kappa shape index (κ1) is 15.8. The minimum Gasteiger partial charge on any atom is -0.254 e. The molecule has 1 aliphatic rings. The summed E-state index contributed by atoms with van der Waals surface area (Å²) in [6.07, 6.45) is 1.70. The Labute approximate surface area is 133 Å². The molecule has 0 amide bonds. The molecule has 1 aliphatic carbocycles. The molecule has 2 aromatic rings. The minimum atomic E-state index is -3.27. The summed E-state index contributed by atoms with van der Waals surface area (Å²) >= 11 is 0. The third kappa shape index (κ3) is 3.32. The van der Waals surface area contributed by atoms with Crippen LogP contribution < -0.4 is 0 Å². The van der Waals surface area contributed by atoms with Crippen LogP contribution in [0.25, 0.3) is 11.1 Å². The van der Waals surface area contributed by atoms with E-state index in [1.165, 1.54) is 24.3 Å².